The van der Waals surface area contributed by atoms with Gasteiger partial charge in [-0.2, -0.15) is 0 Å². The predicted octanol–water partition coefficient (Wildman–Crippen LogP) is 2.10. The lowest BCUT2D eigenvalue weighted by Gasteiger charge is -2.26. The number of likely N-dealkylation sites (N-methyl/N-ethyl adjacent to an activating group) is 1. The fourth-order valence-corrected chi connectivity index (χ4v) is 2.88. The maximum absolute atomic E-state index is 13.3. The zero-order valence-electron chi connectivity index (χ0n) is 12.4. The molecular formula is C15H21F2N3O. The van der Waals surface area contributed by atoms with E-state index in [9.17, 15) is 13.6 Å². The summed E-state index contributed by atoms with van der Waals surface area (Å²) in [5, 5.41) is 0. The Balaban J connectivity index is 2.13. The molecule has 0 spiro atoms. The summed E-state index contributed by atoms with van der Waals surface area (Å²) in [5.74, 6) is -2.42. The third kappa shape index (κ3) is 3.15. The van der Waals surface area contributed by atoms with Gasteiger partial charge >= 0.3 is 0 Å². The van der Waals surface area contributed by atoms with Crippen LogP contribution < -0.4 is 5.73 Å². The topological polar surface area (TPSA) is 49.6 Å². The van der Waals surface area contributed by atoms with Crippen molar-refractivity contribution in [2.24, 2.45) is 0 Å². The average molecular weight is 297 g/mol. The molecular weight excluding hydrogens is 276 g/mol. The number of rotatable bonds is 4. The minimum absolute atomic E-state index is 0.0230. The molecule has 1 aromatic carbocycles. The van der Waals surface area contributed by atoms with Gasteiger partial charge in [0.05, 0.1) is 5.56 Å². The smallest absolute Gasteiger partial charge is 0.256 e. The fraction of sp³-hybridized carbons (Fsp3) is 0.533. The van der Waals surface area contributed by atoms with Gasteiger partial charge < -0.3 is 10.6 Å². The quantitative estimate of drug-likeness (QED) is 0.866. The van der Waals surface area contributed by atoms with Crippen molar-refractivity contribution in [1.29, 1.82) is 0 Å². The van der Waals surface area contributed by atoms with Gasteiger partial charge in [0.25, 0.3) is 5.91 Å². The normalized spacial score (nSPS) is 18.5. The molecule has 2 rings (SSSR count). The SMILES string of the molecule is CCN(CC)C1CCN(C(=O)c2cc(F)c(F)cc2N)C1. The number of halogens is 2. The van der Waals surface area contributed by atoms with Gasteiger partial charge in [-0.3, -0.25) is 9.69 Å². The molecule has 1 atom stereocenters. The molecule has 0 bridgehead atoms. The number of hydrogen-bond donors (Lipinski definition) is 1. The van der Waals surface area contributed by atoms with Crippen molar-refractivity contribution in [3.8, 4) is 0 Å². The highest BCUT2D eigenvalue weighted by Gasteiger charge is 2.30. The van der Waals surface area contributed by atoms with Crippen molar-refractivity contribution in [3.63, 3.8) is 0 Å². The number of carbonyl (C=O) groups is 1. The number of likely N-dealkylation sites (tertiary alicyclic amines) is 1. The van der Waals surface area contributed by atoms with Crippen LogP contribution >= 0.6 is 0 Å². The van der Waals surface area contributed by atoms with Crippen molar-refractivity contribution in [1.82, 2.24) is 9.80 Å². The van der Waals surface area contributed by atoms with Crippen LogP contribution in [0.25, 0.3) is 0 Å². The molecule has 1 heterocycles. The Kier molecular flexibility index (Phi) is 4.77. The van der Waals surface area contributed by atoms with Gasteiger partial charge in [0, 0.05) is 30.9 Å². The standard InChI is InChI=1S/C15H21F2N3O/c1-3-19(4-2)10-5-6-20(9-10)15(21)11-7-12(16)13(17)8-14(11)18/h7-8,10H,3-6,9,18H2,1-2H3. The number of nitrogens with two attached hydrogens (primary N) is 1. The first-order chi connectivity index (χ1) is 9.97. The van der Waals surface area contributed by atoms with Crippen LogP contribution in [0.1, 0.15) is 30.6 Å². The number of benzene rings is 1. The molecule has 116 valence electrons. The Morgan fingerprint density at radius 3 is 2.57 bits per heavy atom. The van der Waals surface area contributed by atoms with Crippen LogP contribution in [0.3, 0.4) is 0 Å². The summed E-state index contributed by atoms with van der Waals surface area (Å²) in [5.41, 5.74) is 5.65. The Bertz CT molecular complexity index is 532. The van der Waals surface area contributed by atoms with E-state index in [1.165, 1.54) is 0 Å². The van der Waals surface area contributed by atoms with E-state index in [4.69, 9.17) is 5.73 Å². The van der Waals surface area contributed by atoms with Gasteiger partial charge in [-0.1, -0.05) is 13.8 Å². The molecule has 1 saturated heterocycles. The molecule has 0 saturated carbocycles. The Morgan fingerprint density at radius 2 is 1.95 bits per heavy atom. The fourth-order valence-electron chi connectivity index (χ4n) is 2.88. The van der Waals surface area contributed by atoms with Gasteiger partial charge in [0.2, 0.25) is 0 Å². The number of amides is 1. The molecule has 1 aromatic rings. The lowest BCUT2D eigenvalue weighted by Crippen LogP contribution is -2.38. The van der Waals surface area contributed by atoms with E-state index < -0.39 is 11.6 Å². The van der Waals surface area contributed by atoms with Crippen LogP contribution in [0.5, 0.6) is 0 Å². The van der Waals surface area contributed by atoms with E-state index in [-0.39, 0.29) is 17.2 Å². The van der Waals surface area contributed by atoms with Crippen LogP contribution in [0.2, 0.25) is 0 Å². The van der Waals surface area contributed by atoms with Crippen molar-refractivity contribution in [2.45, 2.75) is 26.3 Å². The van der Waals surface area contributed by atoms with Crippen LogP contribution in [-0.2, 0) is 0 Å². The van der Waals surface area contributed by atoms with Crippen LogP contribution in [-0.4, -0.2) is 47.9 Å². The monoisotopic (exact) mass is 297 g/mol. The summed E-state index contributed by atoms with van der Waals surface area (Å²) in [6.07, 6.45) is 0.886. The first kappa shape index (κ1) is 15.7. The lowest BCUT2D eigenvalue weighted by molar-refractivity contribution is 0.0778. The molecule has 4 nitrogen and oxygen atoms in total. The Labute approximate surface area is 123 Å². The Morgan fingerprint density at radius 1 is 1.33 bits per heavy atom. The lowest BCUT2D eigenvalue weighted by atomic mass is 10.1. The average Bonchev–Trinajstić information content (AvgIpc) is 2.93. The Hall–Kier alpha value is -1.69. The zero-order chi connectivity index (χ0) is 15.6. The van der Waals surface area contributed by atoms with Crippen LogP contribution in [0.4, 0.5) is 14.5 Å². The minimum Gasteiger partial charge on any atom is -0.398 e. The van der Waals surface area contributed by atoms with Gasteiger partial charge in [0.1, 0.15) is 0 Å². The van der Waals surface area contributed by atoms with Gasteiger partial charge in [-0.05, 0) is 25.6 Å². The van der Waals surface area contributed by atoms with Gasteiger partial charge in [-0.15, -0.1) is 0 Å². The summed E-state index contributed by atoms with van der Waals surface area (Å²) in [6, 6.07) is 2.06. The highest BCUT2D eigenvalue weighted by atomic mass is 19.2. The van der Waals surface area contributed by atoms with E-state index in [0.29, 0.717) is 19.1 Å². The molecule has 21 heavy (non-hydrogen) atoms. The van der Waals surface area contributed by atoms with Crippen LogP contribution in [0, 0.1) is 11.6 Å². The molecule has 2 N–H and O–H groups in total. The molecule has 0 radical (unpaired) electrons. The number of nitrogen functional groups attached to an aromatic ring is 1. The summed E-state index contributed by atoms with van der Waals surface area (Å²) < 4.78 is 26.4. The van der Waals surface area contributed by atoms with E-state index in [2.05, 4.69) is 18.7 Å². The molecule has 1 amide bonds. The zero-order valence-corrected chi connectivity index (χ0v) is 12.4. The molecule has 0 aliphatic carbocycles. The van der Waals surface area contributed by atoms with Gasteiger partial charge in [-0.25, -0.2) is 8.78 Å². The molecule has 1 unspecified atom stereocenters. The van der Waals surface area contributed by atoms with Crippen molar-refractivity contribution in [2.75, 3.05) is 31.9 Å². The highest BCUT2D eigenvalue weighted by Crippen LogP contribution is 2.22. The molecule has 0 aromatic heterocycles. The van der Waals surface area contributed by atoms with E-state index >= 15 is 0 Å². The molecule has 1 aliphatic heterocycles. The van der Waals surface area contributed by atoms with Crippen LogP contribution in [0.15, 0.2) is 12.1 Å². The second-order valence-corrected chi connectivity index (χ2v) is 5.27. The van der Waals surface area contributed by atoms with E-state index in [1.807, 2.05) is 0 Å². The first-order valence-corrected chi connectivity index (χ1v) is 7.25. The predicted molar refractivity (Wildman–Crippen MR) is 78.0 cm³/mol. The molecule has 1 fully saturated rings. The number of anilines is 1. The van der Waals surface area contributed by atoms with Gasteiger partial charge in [0.15, 0.2) is 11.6 Å². The van der Waals surface area contributed by atoms with Crippen molar-refractivity contribution in [3.05, 3.63) is 29.3 Å². The second-order valence-electron chi connectivity index (χ2n) is 5.27. The first-order valence-electron chi connectivity index (χ1n) is 7.25. The summed E-state index contributed by atoms with van der Waals surface area (Å²) >= 11 is 0. The summed E-state index contributed by atoms with van der Waals surface area (Å²) in [4.78, 5) is 16.4. The third-order valence-electron chi connectivity index (χ3n) is 4.10. The van der Waals surface area contributed by atoms with E-state index in [0.717, 1.165) is 31.6 Å². The molecule has 1 aliphatic rings. The largest absolute Gasteiger partial charge is 0.398 e. The minimum atomic E-state index is -1.05. The maximum atomic E-state index is 13.3. The second kappa shape index (κ2) is 6.39. The third-order valence-corrected chi connectivity index (χ3v) is 4.10. The van der Waals surface area contributed by atoms with E-state index in [1.54, 1.807) is 4.90 Å². The van der Waals surface area contributed by atoms with Crippen molar-refractivity contribution >= 4 is 11.6 Å². The number of nitrogens with zero attached hydrogens (tertiary/aromatic N) is 2. The number of carbonyl (C=O) groups excluding carboxylic acids is 1. The summed E-state index contributed by atoms with van der Waals surface area (Å²) in [6.45, 7) is 7.23. The number of hydrogen-bond acceptors (Lipinski definition) is 3. The maximum Gasteiger partial charge on any atom is 0.256 e. The van der Waals surface area contributed by atoms with Crippen molar-refractivity contribution < 1.29 is 13.6 Å². The molecule has 6 heteroatoms. The highest BCUT2D eigenvalue weighted by molar-refractivity contribution is 5.99. The summed E-state index contributed by atoms with van der Waals surface area (Å²) in [7, 11) is 0.